The lowest BCUT2D eigenvalue weighted by Crippen LogP contribution is -2.15. The molecule has 0 spiro atoms. The molecule has 0 radical (unpaired) electrons. The van der Waals surface area contributed by atoms with Crippen LogP contribution in [0.2, 0.25) is 15.1 Å². The van der Waals surface area contributed by atoms with Gasteiger partial charge in [-0.25, -0.2) is 0 Å². The minimum atomic E-state index is -0.318. The van der Waals surface area contributed by atoms with Crippen LogP contribution in [-0.4, -0.2) is 11.8 Å². The Kier molecular flexibility index (Phi) is 5.88. The summed E-state index contributed by atoms with van der Waals surface area (Å²) in [4.78, 5) is 23.3. The van der Waals surface area contributed by atoms with Gasteiger partial charge < -0.3 is 10.6 Å². The molecule has 0 unspecified atom stereocenters. The number of nitrogens with one attached hydrogen (secondary N) is 2. The Morgan fingerprint density at radius 1 is 0.957 bits per heavy atom. The average molecular weight is 372 g/mol. The summed E-state index contributed by atoms with van der Waals surface area (Å²) >= 11 is 18.2. The number of carbonyl (C=O) groups is 2. The Balaban J connectivity index is 2.15. The van der Waals surface area contributed by atoms with E-state index < -0.39 is 0 Å². The fraction of sp³-hybridized carbons (Fsp3) is 0.125. The topological polar surface area (TPSA) is 58.2 Å². The maximum absolute atomic E-state index is 12.2. The highest BCUT2D eigenvalue weighted by Gasteiger charge is 2.13. The Morgan fingerprint density at radius 3 is 2.22 bits per heavy atom. The number of rotatable bonds is 4. The summed E-state index contributed by atoms with van der Waals surface area (Å²) in [5, 5.41) is 6.51. The van der Waals surface area contributed by atoms with Gasteiger partial charge in [0.25, 0.3) is 0 Å². The van der Waals surface area contributed by atoms with E-state index in [0.717, 1.165) is 0 Å². The molecule has 0 saturated carbocycles. The van der Waals surface area contributed by atoms with E-state index in [9.17, 15) is 9.59 Å². The molecule has 2 N–H and O–H groups in total. The molecule has 0 aliphatic carbocycles. The molecule has 0 heterocycles. The smallest absolute Gasteiger partial charge is 0.228 e. The van der Waals surface area contributed by atoms with Gasteiger partial charge in [-0.3, -0.25) is 9.59 Å². The summed E-state index contributed by atoms with van der Waals surface area (Å²) in [5.41, 5.74) is 1.47. The van der Waals surface area contributed by atoms with Crippen LogP contribution in [0.25, 0.3) is 0 Å². The molecule has 2 rings (SSSR count). The summed E-state index contributed by atoms with van der Waals surface area (Å²) in [6.07, 6.45) is 0.0131. The monoisotopic (exact) mass is 370 g/mol. The zero-order valence-electron chi connectivity index (χ0n) is 12.1. The van der Waals surface area contributed by atoms with Crippen molar-refractivity contribution in [3.8, 4) is 0 Å². The van der Waals surface area contributed by atoms with Crippen LogP contribution in [0, 0.1) is 0 Å². The molecule has 7 heteroatoms. The lowest BCUT2D eigenvalue weighted by molar-refractivity contribution is -0.115. The van der Waals surface area contributed by atoms with Crippen molar-refractivity contribution < 1.29 is 9.59 Å². The Labute approximate surface area is 148 Å². The van der Waals surface area contributed by atoms with Crippen molar-refractivity contribution in [3.63, 3.8) is 0 Å². The molecular formula is C16H13Cl3N2O2. The first-order valence-electron chi connectivity index (χ1n) is 6.66. The molecule has 0 aromatic heterocycles. The molecule has 0 fully saturated rings. The van der Waals surface area contributed by atoms with Crippen molar-refractivity contribution in [2.45, 2.75) is 13.3 Å². The van der Waals surface area contributed by atoms with Gasteiger partial charge in [-0.2, -0.15) is 0 Å². The second-order valence-corrected chi connectivity index (χ2v) is 6.02. The van der Waals surface area contributed by atoms with E-state index in [1.165, 1.54) is 6.92 Å². The fourth-order valence-electron chi connectivity index (χ4n) is 1.96. The first kappa shape index (κ1) is 17.6. The van der Waals surface area contributed by atoms with Crippen LogP contribution >= 0.6 is 34.8 Å². The van der Waals surface area contributed by atoms with Crippen molar-refractivity contribution >= 4 is 58.0 Å². The number of benzene rings is 2. The van der Waals surface area contributed by atoms with E-state index in [2.05, 4.69) is 10.6 Å². The van der Waals surface area contributed by atoms with Gasteiger partial charge in [0.05, 0.1) is 17.1 Å². The predicted octanol–water partition coefficient (Wildman–Crippen LogP) is 4.79. The molecule has 4 nitrogen and oxygen atoms in total. The van der Waals surface area contributed by atoms with Crippen LogP contribution in [0.5, 0.6) is 0 Å². The Hall–Kier alpha value is -1.75. The van der Waals surface area contributed by atoms with Crippen LogP contribution < -0.4 is 10.6 Å². The van der Waals surface area contributed by atoms with Crippen LogP contribution in [0.3, 0.4) is 0 Å². The molecule has 23 heavy (non-hydrogen) atoms. The largest absolute Gasteiger partial charge is 0.326 e. The summed E-state index contributed by atoms with van der Waals surface area (Å²) in [7, 11) is 0. The normalized spacial score (nSPS) is 10.3. The quantitative estimate of drug-likeness (QED) is 0.812. The van der Waals surface area contributed by atoms with Gasteiger partial charge in [0.15, 0.2) is 0 Å². The second kappa shape index (κ2) is 7.68. The van der Waals surface area contributed by atoms with E-state index in [0.29, 0.717) is 32.0 Å². The Bertz CT molecular complexity index is 743. The van der Waals surface area contributed by atoms with Gasteiger partial charge in [-0.15, -0.1) is 0 Å². The minimum absolute atomic E-state index is 0.0131. The van der Waals surface area contributed by atoms with E-state index >= 15 is 0 Å². The first-order valence-corrected chi connectivity index (χ1v) is 7.80. The van der Waals surface area contributed by atoms with Gasteiger partial charge in [-0.1, -0.05) is 40.9 Å². The van der Waals surface area contributed by atoms with E-state index in [1.54, 1.807) is 36.4 Å². The number of amides is 2. The minimum Gasteiger partial charge on any atom is -0.326 e. The van der Waals surface area contributed by atoms with Crippen LogP contribution in [0.15, 0.2) is 36.4 Å². The Morgan fingerprint density at radius 2 is 1.61 bits per heavy atom. The van der Waals surface area contributed by atoms with Gasteiger partial charge in [0, 0.05) is 22.7 Å². The lowest BCUT2D eigenvalue weighted by Gasteiger charge is -2.11. The molecular weight excluding hydrogens is 359 g/mol. The number of carbonyl (C=O) groups excluding carboxylic acids is 2. The highest BCUT2D eigenvalue weighted by molar-refractivity contribution is 6.36. The standard InChI is InChI=1S/C16H13Cl3N2O2/c1-9(22)20-10-5-6-14(19)15(7-10)21-16(23)8-11-12(17)3-2-4-13(11)18/h2-7H,8H2,1H3,(H,20,22)(H,21,23). The van der Waals surface area contributed by atoms with Crippen LogP contribution in [-0.2, 0) is 16.0 Å². The van der Waals surface area contributed by atoms with Gasteiger partial charge in [0.1, 0.15) is 0 Å². The van der Waals surface area contributed by atoms with Crippen LogP contribution in [0.1, 0.15) is 12.5 Å². The van der Waals surface area contributed by atoms with Crippen molar-refractivity contribution in [2.24, 2.45) is 0 Å². The number of hydrogen-bond acceptors (Lipinski definition) is 2. The summed E-state index contributed by atoms with van der Waals surface area (Å²) in [6, 6.07) is 9.85. The maximum Gasteiger partial charge on any atom is 0.228 e. The number of hydrogen-bond donors (Lipinski definition) is 2. The zero-order valence-corrected chi connectivity index (χ0v) is 14.4. The molecule has 2 aromatic rings. The average Bonchev–Trinajstić information content (AvgIpc) is 2.46. The third kappa shape index (κ3) is 4.86. The van der Waals surface area contributed by atoms with Crippen molar-refractivity contribution in [2.75, 3.05) is 10.6 Å². The number of halogens is 3. The lowest BCUT2D eigenvalue weighted by atomic mass is 10.1. The van der Waals surface area contributed by atoms with Gasteiger partial charge >= 0.3 is 0 Å². The molecule has 0 bridgehead atoms. The fourth-order valence-corrected chi connectivity index (χ4v) is 2.65. The molecule has 0 aliphatic rings. The van der Waals surface area contributed by atoms with E-state index in [1.807, 2.05) is 0 Å². The van der Waals surface area contributed by atoms with Crippen molar-refractivity contribution in [1.29, 1.82) is 0 Å². The van der Waals surface area contributed by atoms with Crippen molar-refractivity contribution in [3.05, 3.63) is 57.0 Å². The summed E-state index contributed by atoms with van der Waals surface area (Å²) in [5.74, 6) is -0.533. The zero-order chi connectivity index (χ0) is 17.0. The second-order valence-electron chi connectivity index (χ2n) is 4.80. The SMILES string of the molecule is CC(=O)Nc1ccc(Cl)c(NC(=O)Cc2c(Cl)cccc2Cl)c1. The summed E-state index contributed by atoms with van der Waals surface area (Å²) in [6.45, 7) is 1.40. The predicted molar refractivity (Wildman–Crippen MR) is 94.6 cm³/mol. The van der Waals surface area contributed by atoms with E-state index in [-0.39, 0.29) is 18.2 Å². The molecule has 0 aliphatic heterocycles. The third-order valence-electron chi connectivity index (χ3n) is 2.96. The summed E-state index contributed by atoms with van der Waals surface area (Å²) < 4.78 is 0. The number of anilines is 2. The molecule has 2 aromatic carbocycles. The molecule has 0 saturated heterocycles. The van der Waals surface area contributed by atoms with Crippen LogP contribution in [0.4, 0.5) is 11.4 Å². The maximum atomic E-state index is 12.2. The van der Waals surface area contributed by atoms with Gasteiger partial charge in [-0.05, 0) is 35.9 Å². The highest BCUT2D eigenvalue weighted by atomic mass is 35.5. The van der Waals surface area contributed by atoms with E-state index in [4.69, 9.17) is 34.8 Å². The highest BCUT2D eigenvalue weighted by Crippen LogP contribution is 2.28. The van der Waals surface area contributed by atoms with Crippen molar-refractivity contribution in [1.82, 2.24) is 0 Å². The third-order valence-corrected chi connectivity index (χ3v) is 4.00. The molecule has 0 atom stereocenters. The molecule has 2 amide bonds. The first-order chi connectivity index (χ1) is 10.9. The van der Waals surface area contributed by atoms with Gasteiger partial charge in [0.2, 0.25) is 11.8 Å². The molecule has 120 valence electrons.